The zero-order chi connectivity index (χ0) is 22.4. The first-order chi connectivity index (χ1) is 15.0. The Morgan fingerprint density at radius 2 is 2.00 bits per heavy atom. The predicted octanol–water partition coefficient (Wildman–Crippen LogP) is 3.69. The van der Waals surface area contributed by atoms with E-state index >= 15 is 0 Å². The normalized spacial score (nSPS) is 15.4. The van der Waals surface area contributed by atoms with Gasteiger partial charge in [0, 0.05) is 0 Å². The maximum atomic E-state index is 12.9. The van der Waals surface area contributed by atoms with Crippen LogP contribution < -0.4 is 20.1 Å². The molecule has 2 N–H and O–H groups in total. The largest absolute Gasteiger partial charge is 0.493 e. The van der Waals surface area contributed by atoms with Crippen molar-refractivity contribution in [2.75, 3.05) is 20.3 Å². The molecule has 1 atom stereocenters. The van der Waals surface area contributed by atoms with Gasteiger partial charge in [0.2, 0.25) is 0 Å². The van der Waals surface area contributed by atoms with Crippen molar-refractivity contribution in [2.24, 2.45) is 0 Å². The van der Waals surface area contributed by atoms with E-state index in [1.165, 1.54) is 7.11 Å². The number of esters is 1. The van der Waals surface area contributed by atoms with E-state index in [1.54, 1.807) is 31.2 Å². The molecule has 0 spiro atoms. The Morgan fingerprint density at radius 1 is 1.26 bits per heavy atom. The molecule has 0 saturated heterocycles. The third-order valence-corrected chi connectivity index (χ3v) is 5.08. The minimum atomic E-state index is -0.807. The highest BCUT2D eigenvalue weighted by Gasteiger charge is 2.35. The van der Waals surface area contributed by atoms with E-state index in [1.807, 2.05) is 24.3 Å². The number of nitriles is 1. The Hall–Kier alpha value is -3.51. The van der Waals surface area contributed by atoms with Crippen LogP contribution in [0.4, 0.5) is 4.79 Å². The molecular weight excluding hydrogens is 466 g/mol. The average molecular weight is 486 g/mol. The molecule has 2 aromatic rings. The van der Waals surface area contributed by atoms with Gasteiger partial charge < -0.3 is 24.8 Å². The van der Waals surface area contributed by atoms with Crippen molar-refractivity contribution in [1.82, 2.24) is 10.6 Å². The Kier molecular flexibility index (Phi) is 7.15. The van der Waals surface area contributed by atoms with Crippen molar-refractivity contribution < 1.29 is 23.8 Å². The molecule has 1 aliphatic heterocycles. The minimum absolute atomic E-state index is 0.162. The van der Waals surface area contributed by atoms with E-state index in [2.05, 4.69) is 26.6 Å². The van der Waals surface area contributed by atoms with E-state index in [4.69, 9.17) is 19.5 Å². The molecule has 0 bridgehead atoms. The molecular formula is C22H20BrN3O5. The molecule has 2 aromatic carbocycles. The van der Waals surface area contributed by atoms with Crippen LogP contribution in [0.1, 0.15) is 24.1 Å². The number of amides is 2. The molecule has 1 heterocycles. The summed E-state index contributed by atoms with van der Waals surface area (Å²) in [6.07, 6.45) is 0. The minimum Gasteiger partial charge on any atom is -0.493 e. The van der Waals surface area contributed by atoms with Crippen LogP contribution in [0, 0.1) is 11.3 Å². The molecule has 3 rings (SSSR count). The van der Waals surface area contributed by atoms with Crippen molar-refractivity contribution in [3.63, 3.8) is 0 Å². The number of ether oxygens (including phenoxy) is 3. The van der Waals surface area contributed by atoms with Crippen LogP contribution in [0.25, 0.3) is 5.70 Å². The summed E-state index contributed by atoms with van der Waals surface area (Å²) in [4.78, 5) is 25.4. The maximum absolute atomic E-state index is 12.9. The van der Waals surface area contributed by atoms with Gasteiger partial charge in [-0.3, -0.25) is 0 Å². The third-order valence-electron chi connectivity index (χ3n) is 4.50. The first-order valence-electron chi connectivity index (χ1n) is 9.41. The van der Waals surface area contributed by atoms with Gasteiger partial charge in [0.05, 0.1) is 35.5 Å². The van der Waals surface area contributed by atoms with Crippen LogP contribution in [-0.4, -0.2) is 32.3 Å². The van der Waals surface area contributed by atoms with Crippen LogP contribution in [0.5, 0.6) is 11.5 Å². The summed E-state index contributed by atoms with van der Waals surface area (Å²) >= 11 is 3.42. The van der Waals surface area contributed by atoms with Crippen molar-refractivity contribution in [3.8, 4) is 17.6 Å². The summed E-state index contributed by atoms with van der Waals surface area (Å²) in [5.41, 5.74) is 1.87. The third kappa shape index (κ3) is 4.81. The van der Waals surface area contributed by atoms with Crippen LogP contribution in [0.3, 0.4) is 0 Å². The van der Waals surface area contributed by atoms with Gasteiger partial charge in [0.15, 0.2) is 18.1 Å². The summed E-state index contributed by atoms with van der Waals surface area (Å²) in [5.74, 6) is 0.133. The summed E-state index contributed by atoms with van der Waals surface area (Å²) < 4.78 is 16.7. The summed E-state index contributed by atoms with van der Waals surface area (Å²) in [6.45, 7) is 1.73. The second-order valence-corrected chi connectivity index (χ2v) is 7.24. The lowest BCUT2D eigenvalue weighted by molar-refractivity contribution is -0.138. The molecule has 0 aromatic heterocycles. The lowest BCUT2D eigenvalue weighted by Crippen LogP contribution is -2.45. The number of rotatable bonds is 7. The smallest absolute Gasteiger partial charge is 0.338 e. The summed E-state index contributed by atoms with van der Waals surface area (Å²) in [6, 6.07) is 13.1. The monoisotopic (exact) mass is 485 g/mol. The summed E-state index contributed by atoms with van der Waals surface area (Å²) in [7, 11) is 1.46. The van der Waals surface area contributed by atoms with Gasteiger partial charge in [0.1, 0.15) is 6.07 Å². The van der Waals surface area contributed by atoms with Crippen molar-refractivity contribution in [1.29, 1.82) is 5.26 Å². The van der Waals surface area contributed by atoms with Gasteiger partial charge in [-0.2, -0.15) is 5.26 Å². The molecule has 0 fully saturated rings. The number of halogens is 1. The van der Waals surface area contributed by atoms with Gasteiger partial charge in [0.25, 0.3) is 0 Å². The Morgan fingerprint density at radius 3 is 2.65 bits per heavy atom. The van der Waals surface area contributed by atoms with Gasteiger partial charge in [-0.25, -0.2) is 9.59 Å². The molecule has 0 radical (unpaired) electrons. The van der Waals surface area contributed by atoms with Gasteiger partial charge >= 0.3 is 12.0 Å². The second kappa shape index (κ2) is 10.00. The number of carbonyl (C=O) groups excluding carboxylic acids is 2. The fourth-order valence-electron chi connectivity index (χ4n) is 3.23. The van der Waals surface area contributed by atoms with E-state index in [0.717, 1.165) is 0 Å². The molecule has 0 unspecified atom stereocenters. The highest BCUT2D eigenvalue weighted by molar-refractivity contribution is 9.10. The molecule has 0 saturated carbocycles. The van der Waals surface area contributed by atoms with Crippen LogP contribution in [-0.2, 0) is 9.53 Å². The molecule has 160 valence electrons. The average Bonchev–Trinajstić information content (AvgIpc) is 2.77. The zero-order valence-electron chi connectivity index (χ0n) is 16.9. The van der Waals surface area contributed by atoms with Gasteiger partial charge in [-0.1, -0.05) is 30.3 Å². The van der Waals surface area contributed by atoms with E-state index < -0.39 is 18.0 Å². The Labute approximate surface area is 187 Å². The number of hydrogen-bond donors (Lipinski definition) is 2. The highest BCUT2D eigenvalue weighted by Crippen LogP contribution is 2.41. The lowest BCUT2D eigenvalue weighted by Gasteiger charge is -2.30. The van der Waals surface area contributed by atoms with Crippen LogP contribution in [0.15, 0.2) is 52.5 Å². The number of hydrogen-bond acceptors (Lipinski definition) is 6. The van der Waals surface area contributed by atoms with Crippen molar-refractivity contribution in [3.05, 3.63) is 63.6 Å². The molecule has 1 aliphatic rings. The molecule has 9 heteroatoms. The predicted molar refractivity (Wildman–Crippen MR) is 116 cm³/mol. The first kappa shape index (κ1) is 22.2. The Balaban J connectivity index is 2.18. The molecule has 31 heavy (non-hydrogen) atoms. The first-order valence-corrected chi connectivity index (χ1v) is 10.2. The number of urea groups is 1. The van der Waals surface area contributed by atoms with E-state index in [0.29, 0.717) is 32.8 Å². The van der Waals surface area contributed by atoms with E-state index in [9.17, 15) is 9.59 Å². The summed E-state index contributed by atoms with van der Waals surface area (Å²) in [5, 5.41) is 14.3. The van der Waals surface area contributed by atoms with Crippen LogP contribution >= 0.6 is 15.9 Å². The number of methoxy groups -OCH3 is 1. The fourth-order valence-corrected chi connectivity index (χ4v) is 3.80. The zero-order valence-corrected chi connectivity index (χ0v) is 18.5. The maximum Gasteiger partial charge on any atom is 0.338 e. The molecule has 8 nitrogen and oxygen atoms in total. The number of nitrogens with one attached hydrogen (secondary N) is 2. The second-order valence-electron chi connectivity index (χ2n) is 6.39. The molecule has 0 aliphatic carbocycles. The molecule has 2 amide bonds. The highest BCUT2D eigenvalue weighted by atomic mass is 79.9. The quantitative estimate of drug-likeness (QED) is 0.578. The number of nitrogens with zero attached hydrogens (tertiary/aromatic N) is 1. The lowest BCUT2D eigenvalue weighted by atomic mass is 9.92. The number of benzene rings is 2. The van der Waals surface area contributed by atoms with E-state index in [-0.39, 0.29) is 18.8 Å². The van der Waals surface area contributed by atoms with Gasteiger partial charge in [-0.15, -0.1) is 0 Å². The number of carbonyl (C=O) groups is 2. The topological polar surface area (TPSA) is 110 Å². The fraction of sp³-hybridized carbons (Fsp3) is 0.227. The Bertz CT molecular complexity index is 1060. The van der Waals surface area contributed by atoms with Crippen LogP contribution in [0.2, 0.25) is 0 Å². The standard InChI is InChI=1S/C22H20BrN3O5/c1-3-30-21(27)17-18(13-7-5-4-6-8-13)25-22(28)26-19(17)14-11-15(23)20(31-10-9-24)16(12-14)29-2/h4-8,11-12,19H,3,10H2,1-2H3,(H2,25,26,28)/t19-/m1/s1. The SMILES string of the molecule is CCOC(=O)C1=C(c2ccccc2)NC(=O)N[C@@H]1c1cc(Br)c(OCC#N)c(OC)c1. The van der Waals surface area contributed by atoms with Crippen molar-refractivity contribution in [2.45, 2.75) is 13.0 Å². The van der Waals surface area contributed by atoms with Gasteiger partial charge in [-0.05, 0) is 46.1 Å². The van der Waals surface area contributed by atoms with Crippen molar-refractivity contribution >= 4 is 33.6 Å².